The van der Waals surface area contributed by atoms with E-state index in [4.69, 9.17) is 4.74 Å². The monoisotopic (exact) mass is 416 g/mol. The highest BCUT2D eigenvalue weighted by Crippen LogP contribution is 2.46. The molecule has 30 heavy (non-hydrogen) atoms. The van der Waals surface area contributed by atoms with Gasteiger partial charge >= 0.3 is 12.1 Å². The summed E-state index contributed by atoms with van der Waals surface area (Å²) < 4.78 is 46.6. The van der Waals surface area contributed by atoms with Crippen molar-refractivity contribution in [2.45, 2.75) is 19.1 Å². The van der Waals surface area contributed by atoms with E-state index >= 15 is 0 Å². The van der Waals surface area contributed by atoms with E-state index in [0.29, 0.717) is 17.1 Å². The summed E-state index contributed by atoms with van der Waals surface area (Å²) >= 11 is 0. The number of para-hydroxylation sites is 2. The highest BCUT2D eigenvalue weighted by molar-refractivity contribution is 6.15. The van der Waals surface area contributed by atoms with Crippen LogP contribution in [0.1, 0.15) is 5.56 Å². The van der Waals surface area contributed by atoms with Crippen LogP contribution in [0.25, 0.3) is 0 Å². The number of fused-ring (bicyclic) bond motifs is 3. The lowest BCUT2D eigenvalue weighted by Gasteiger charge is -2.34. The molecule has 0 bridgehead atoms. The number of anilines is 3. The number of guanidine groups is 1. The third kappa shape index (κ3) is 3.16. The number of alkyl halides is 3. The molecule has 0 aromatic heterocycles. The summed E-state index contributed by atoms with van der Waals surface area (Å²) in [5.74, 6) is -1.04. The summed E-state index contributed by atoms with van der Waals surface area (Å²) in [5.41, 5.74) is 2.29. The molecule has 2 aliphatic heterocycles. The normalized spacial score (nSPS) is 18.1. The molecule has 156 valence electrons. The van der Waals surface area contributed by atoms with Gasteiger partial charge in [-0.25, -0.2) is 9.79 Å². The number of methoxy groups -OCH3 is 1. The number of rotatable bonds is 2. The second kappa shape index (κ2) is 7.08. The fourth-order valence-electron chi connectivity index (χ4n) is 3.60. The second-order valence-electron chi connectivity index (χ2n) is 7.00. The Balaban J connectivity index is 1.91. The van der Waals surface area contributed by atoms with Crippen molar-refractivity contribution in [3.63, 3.8) is 0 Å². The number of nitrogens with zero attached hydrogens (tertiary/aromatic N) is 3. The average Bonchev–Trinajstić information content (AvgIpc) is 3.02. The molecule has 1 N–H and O–H groups in total. The van der Waals surface area contributed by atoms with E-state index in [1.807, 2.05) is 19.1 Å². The maximum Gasteiger partial charge on any atom is 0.415 e. The molecule has 9 heteroatoms. The second-order valence-corrected chi connectivity index (χ2v) is 7.00. The van der Waals surface area contributed by atoms with Crippen LogP contribution in [0.5, 0.6) is 0 Å². The van der Waals surface area contributed by atoms with E-state index in [2.05, 4.69) is 10.3 Å². The van der Waals surface area contributed by atoms with Gasteiger partial charge in [0.1, 0.15) is 11.4 Å². The van der Waals surface area contributed by atoms with Gasteiger partial charge in [-0.05, 0) is 31.2 Å². The molecule has 0 fully saturated rings. The highest BCUT2D eigenvalue weighted by atomic mass is 19.4. The van der Waals surface area contributed by atoms with Crippen LogP contribution in [0.3, 0.4) is 0 Å². The summed E-state index contributed by atoms with van der Waals surface area (Å²) in [6.07, 6.45) is -4.78. The number of carbonyl (C=O) groups is 1. The van der Waals surface area contributed by atoms with Crippen molar-refractivity contribution in [1.82, 2.24) is 0 Å². The van der Waals surface area contributed by atoms with E-state index < -0.39 is 23.8 Å². The van der Waals surface area contributed by atoms with Crippen LogP contribution in [0.4, 0.5) is 30.2 Å². The van der Waals surface area contributed by atoms with Gasteiger partial charge in [0.15, 0.2) is 6.04 Å². The number of hydrogen-bond donors (Lipinski definition) is 1. The lowest BCUT2D eigenvalue weighted by molar-refractivity contribution is -0.151. The number of benzene rings is 2. The smallest absolute Gasteiger partial charge is 0.415 e. The molecule has 0 aliphatic carbocycles. The Morgan fingerprint density at radius 2 is 1.73 bits per heavy atom. The molecule has 6 nitrogen and oxygen atoms in total. The van der Waals surface area contributed by atoms with Crippen molar-refractivity contribution >= 4 is 29.0 Å². The summed E-state index contributed by atoms with van der Waals surface area (Å²) in [6.45, 7) is 1.91. The van der Waals surface area contributed by atoms with Gasteiger partial charge in [0.2, 0.25) is 5.96 Å². The average molecular weight is 416 g/mol. The molecule has 0 amide bonds. The molecule has 4 rings (SSSR count). The Kier molecular flexibility index (Phi) is 4.68. The third-order valence-electron chi connectivity index (χ3n) is 5.01. The van der Waals surface area contributed by atoms with Crippen molar-refractivity contribution in [3.8, 4) is 0 Å². The van der Waals surface area contributed by atoms with Crippen LogP contribution in [0.2, 0.25) is 0 Å². The Hall–Kier alpha value is -3.49. The summed E-state index contributed by atoms with van der Waals surface area (Å²) in [7, 11) is 2.67. The molecular formula is C21H19F3N4O2. The number of halogens is 3. The van der Waals surface area contributed by atoms with Crippen LogP contribution in [0, 0.1) is 6.92 Å². The number of aryl methyl sites for hydroxylation is 1. The summed E-state index contributed by atoms with van der Waals surface area (Å²) in [4.78, 5) is 19.4. The Labute approximate surface area is 171 Å². The molecule has 2 aliphatic rings. The van der Waals surface area contributed by atoms with E-state index in [-0.39, 0.29) is 11.8 Å². The van der Waals surface area contributed by atoms with Gasteiger partial charge in [-0.3, -0.25) is 4.90 Å². The number of ether oxygens (including phenoxy) is 1. The van der Waals surface area contributed by atoms with Crippen molar-refractivity contribution in [1.29, 1.82) is 0 Å². The minimum atomic E-state index is -4.78. The zero-order valence-electron chi connectivity index (χ0n) is 16.5. The first-order valence-corrected chi connectivity index (χ1v) is 9.16. The van der Waals surface area contributed by atoms with Crippen molar-refractivity contribution in [2.24, 2.45) is 4.99 Å². The minimum absolute atomic E-state index is 0.0272. The lowest BCUT2D eigenvalue weighted by atomic mass is 10.1. The molecule has 0 radical (unpaired) electrons. The Morgan fingerprint density at radius 3 is 2.33 bits per heavy atom. The standard InChI is InChI=1S/C21H19F3N4O2/c1-12-8-10-13(11-9-12)25-20-26-17(21(22,23)24)16(19(29)30-3)18-27(2)14-6-4-5-7-15(14)28(18)20/h4-11,17H,1-3H3,(H,25,26)/t17-/m0/s1. The molecule has 1 atom stereocenters. The van der Waals surface area contributed by atoms with Crippen LogP contribution in [-0.2, 0) is 9.53 Å². The van der Waals surface area contributed by atoms with Gasteiger partial charge in [-0.2, -0.15) is 13.2 Å². The highest BCUT2D eigenvalue weighted by Gasteiger charge is 2.52. The van der Waals surface area contributed by atoms with Crippen LogP contribution in [-0.4, -0.2) is 38.3 Å². The van der Waals surface area contributed by atoms with Gasteiger partial charge in [0.25, 0.3) is 0 Å². The number of nitrogens with one attached hydrogen (secondary N) is 1. The number of carbonyl (C=O) groups excluding carboxylic acids is 1. The molecule has 2 heterocycles. The van der Waals surface area contributed by atoms with Gasteiger partial charge in [0, 0.05) is 12.7 Å². The third-order valence-corrected chi connectivity index (χ3v) is 5.01. The topological polar surface area (TPSA) is 57.2 Å². The zero-order valence-corrected chi connectivity index (χ0v) is 16.5. The van der Waals surface area contributed by atoms with Gasteiger partial charge in [-0.15, -0.1) is 0 Å². The Morgan fingerprint density at radius 1 is 1.10 bits per heavy atom. The van der Waals surface area contributed by atoms with Gasteiger partial charge in [-0.1, -0.05) is 29.8 Å². The first kappa shape index (κ1) is 19.8. The van der Waals surface area contributed by atoms with Crippen molar-refractivity contribution < 1.29 is 22.7 Å². The number of aliphatic imine (C=N–C) groups is 1. The van der Waals surface area contributed by atoms with Crippen LogP contribution < -0.4 is 15.1 Å². The summed E-state index contributed by atoms with van der Waals surface area (Å²) in [6, 6.07) is 11.9. The van der Waals surface area contributed by atoms with Gasteiger partial charge < -0.3 is 15.0 Å². The number of esters is 1. The summed E-state index contributed by atoms with van der Waals surface area (Å²) in [5, 5.41) is 2.98. The van der Waals surface area contributed by atoms with Crippen LogP contribution in [0.15, 0.2) is 64.9 Å². The fourth-order valence-corrected chi connectivity index (χ4v) is 3.60. The first-order chi connectivity index (χ1) is 14.2. The molecule has 0 saturated carbocycles. The van der Waals surface area contributed by atoms with E-state index in [9.17, 15) is 18.0 Å². The SMILES string of the molecule is COC(=O)C1=C2N(C)c3ccccc3N2C(Nc2ccc(C)cc2)=N[C@@H]1C(F)(F)F. The molecule has 0 saturated heterocycles. The first-order valence-electron chi connectivity index (χ1n) is 9.16. The van der Waals surface area contributed by atoms with E-state index in [1.165, 1.54) is 4.90 Å². The number of hydrogen-bond acceptors (Lipinski definition) is 6. The Bertz CT molecular complexity index is 1060. The largest absolute Gasteiger partial charge is 0.465 e. The predicted octanol–water partition coefficient (Wildman–Crippen LogP) is 4.05. The van der Waals surface area contributed by atoms with Crippen molar-refractivity contribution in [3.05, 3.63) is 65.5 Å². The van der Waals surface area contributed by atoms with Crippen LogP contribution >= 0.6 is 0 Å². The maximum atomic E-state index is 14.0. The van der Waals surface area contributed by atoms with E-state index in [1.54, 1.807) is 48.3 Å². The molecule has 2 aromatic rings. The quantitative estimate of drug-likeness (QED) is 0.749. The molecular weight excluding hydrogens is 397 g/mol. The minimum Gasteiger partial charge on any atom is -0.465 e. The molecule has 0 unspecified atom stereocenters. The lowest BCUT2D eigenvalue weighted by Crippen LogP contribution is -2.48. The fraction of sp³-hybridized carbons (Fsp3) is 0.238. The van der Waals surface area contributed by atoms with E-state index in [0.717, 1.165) is 12.7 Å². The van der Waals surface area contributed by atoms with Gasteiger partial charge in [0.05, 0.1) is 18.5 Å². The zero-order chi connectivity index (χ0) is 21.6. The molecule has 2 aromatic carbocycles. The predicted molar refractivity (Wildman–Crippen MR) is 108 cm³/mol. The van der Waals surface area contributed by atoms with Crippen molar-refractivity contribution in [2.75, 3.05) is 29.3 Å². The maximum absolute atomic E-state index is 14.0. The molecule has 0 spiro atoms.